The van der Waals surface area contributed by atoms with Crippen LogP contribution in [0.2, 0.25) is 0 Å². The summed E-state index contributed by atoms with van der Waals surface area (Å²) in [5.41, 5.74) is 1.31. The lowest BCUT2D eigenvalue weighted by Gasteiger charge is -2.38. The standard InChI is InChI=1S/C21H30N2O3/c24-21(17-10-15-25-16-17)23-13-8-20(9-14-23)26-19-6-11-22(12-7-19)18-4-2-1-3-5-18/h1-5,17,19-20H,6-16H2. The molecule has 0 radical (unpaired) electrons. The van der Waals surface area contributed by atoms with E-state index in [9.17, 15) is 4.79 Å². The zero-order chi connectivity index (χ0) is 17.8. The molecule has 1 amide bonds. The van der Waals surface area contributed by atoms with Gasteiger partial charge in [0.25, 0.3) is 0 Å². The molecule has 5 heteroatoms. The number of benzene rings is 1. The highest BCUT2D eigenvalue weighted by Crippen LogP contribution is 2.25. The third-order valence-corrected chi connectivity index (χ3v) is 5.98. The van der Waals surface area contributed by atoms with Gasteiger partial charge in [-0.1, -0.05) is 18.2 Å². The van der Waals surface area contributed by atoms with Crippen LogP contribution in [0, 0.1) is 5.92 Å². The summed E-state index contributed by atoms with van der Waals surface area (Å²) >= 11 is 0. The quantitative estimate of drug-likeness (QED) is 0.830. The lowest BCUT2D eigenvalue weighted by atomic mass is 10.0. The number of hydrogen-bond acceptors (Lipinski definition) is 4. The maximum atomic E-state index is 12.5. The molecule has 3 aliphatic heterocycles. The molecule has 0 aliphatic carbocycles. The molecule has 1 atom stereocenters. The summed E-state index contributed by atoms with van der Waals surface area (Å²) in [6, 6.07) is 10.6. The smallest absolute Gasteiger partial charge is 0.228 e. The Kier molecular flexibility index (Phi) is 5.75. The van der Waals surface area contributed by atoms with Gasteiger partial charge >= 0.3 is 0 Å². The number of carbonyl (C=O) groups excluding carboxylic acids is 1. The molecule has 0 saturated carbocycles. The van der Waals surface area contributed by atoms with Crippen molar-refractivity contribution in [3.63, 3.8) is 0 Å². The molecule has 5 nitrogen and oxygen atoms in total. The second-order valence-corrected chi connectivity index (χ2v) is 7.74. The van der Waals surface area contributed by atoms with Gasteiger partial charge in [0.15, 0.2) is 0 Å². The van der Waals surface area contributed by atoms with Gasteiger partial charge in [-0.25, -0.2) is 0 Å². The third kappa shape index (κ3) is 4.21. The number of hydrogen-bond donors (Lipinski definition) is 0. The zero-order valence-electron chi connectivity index (χ0n) is 15.5. The number of ether oxygens (including phenoxy) is 2. The van der Waals surface area contributed by atoms with Crippen LogP contribution in [0.5, 0.6) is 0 Å². The number of carbonyl (C=O) groups is 1. The summed E-state index contributed by atoms with van der Waals surface area (Å²) in [5, 5.41) is 0. The Hall–Kier alpha value is -1.59. The first-order chi connectivity index (χ1) is 12.8. The average Bonchev–Trinajstić information content (AvgIpc) is 3.24. The molecule has 1 aromatic rings. The van der Waals surface area contributed by atoms with Crippen molar-refractivity contribution >= 4 is 11.6 Å². The molecule has 26 heavy (non-hydrogen) atoms. The monoisotopic (exact) mass is 358 g/mol. The van der Waals surface area contributed by atoms with Crippen LogP contribution in [0.15, 0.2) is 30.3 Å². The van der Waals surface area contributed by atoms with Gasteiger partial charge in [0, 0.05) is 38.5 Å². The fourth-order valence-corrected chi connectivity index (χ4v) is 4.36. The fraction of sp³-hybridized carbons (Fsp3) is 0.667. The summed E-state index contributed by atoms with van der Waals surface area (Å²) in [6.45, 7) is 5.14. The molecule has 0 aromatic heterocycles. The summed E-state index contributed by atoms with van der Waals surface area (Å²) in [6.07, 6.45) is 5.68. The molecule has 0 bridgehead atoms. The van der Waals surface area contributed by atoms with E-state index in [0.717, 1.165) is 64.9 Å². The minimum absolute atomic E-state index is 0.0924. The van der Waals surface area contributed by atoms with Crippen molar-refractivity contribution in [2.75, 3.05) is 44.3 Å². The molecule has 3 saturated heterocycles. The minimum Gasteiger partial charge on any atom is -0.381 e. The van der Waals surface area contributed by atoms with E-state index in [1.807, 2.05) is 4.90 Å². The van der Waals surface area contributed by atoms with Crippen LogP contribution in [0.4, 0.5) is 5.69 Å². The molecule has 142 valence electrons. The van der Waals surface area contributed by atoms with E-state index >= 15 is 0 Å². The number of para-hydroxylation sites is 1. The zero-order valence-corrected chi connectivity index (χ0v) is 15.5. The van der Waals surface area contributed by atoms with Crippen molar-refractivity contribution in [3.8, 4) is 0 Å². The number of likely N-dealkylation sites (tertiary alicyclic amines) is 1. The molecule has 4 rings (SSSR count). The SMILES string of the molecule is O=C(C1CCOC1)N1CCC(OC2CCN(c3ccccc3)CC2)CC1. The van der Waals surface area contributed by atoms with Crippen LogP contribution in [0.25, 0.3) is 0 Å². The van der Waals surface area contributed by atoms with Crippen molar-refractivity contribution < 1.29 is 14.3 Å². The molecular weight excluding hydrogens is 328 g/mol. The van der Waals surface area contributed by atoms with E-state index < -0.39 is 0 Å². The molecule has 0 spiro atoms. The second kappa shape index (κ2) is 8.40. The predicted molar refractivity (Wildman–Crippen MR) is 101 cm³/mol. The van der Waals surface area contributed by atoms with E-state index in [1.54, 1.807) is 0 Å². The topological polar surface area (TPSA) is 42.0 Å². The molecule has 1 unspecified atom stereocenters. The van der Waals surface area contributed by atoms with Crippen LogP contribution in [0.1, 0.15) is 32.1 Å². The molecule has 3 aliphatic rings. The highest BCUT2D eigenvalue weighted by Gasteiger charge is 2.32. The largest absolute Gasteiger partial charge is 0.381 e. The Morgan fingerprint density at radius 3 is 2.19 bits per heavy atom. The molecule has 0 N–H and O–H groups in total. The van der Waals surface area contributed by atoms with Crippen molar-refractivity contribution in [3.05, 3.63) is 30.3 Å². The fourth-order valence-electron chi connectivity index (χ4n) is 4.36. The van der Waals surface area contributed by atoms with Crippen molar-refractivity contribution in [1.29, 1.82) is 0 Å². The average molecular weight is 358 g/mol. The molecule has 3 fully saturated rings. The maximum Gasteiger partial charge on any atom is 0.228 e. The third-order valence-electron chi connectivity index (χ3n) is 5.98. The van der Waals surface area contributed by atoms with Gasteiger partial charge in [-0.15, -0.1) is 0 Å². The number of piperidine rings is 2. The van der Waals surface area contributed by atoms with Crippen LogP contribution >= 0.6 is 0 Å². The predicted octanol–water partition coefficient (Wildman–Crippen LogP) is 2.70. The van der Waals surface area contributed by atoms with Gasteiger partial charge in [-0.05, 0) is 44.2 Å². The van der Waals surface area contributed by atoms with Gasteiger partial charge in [-0.3, -0.25) is 4.79 Å². The number of rotatable bonds is 4. The van der Waals surface area contributed by atoms with E-state index in [-0.39, 0.29) is 11.8 Å². The first-order valence-electron chi connectivity index (χ1n) is 10.1. The number of nitrogens with zero attached hydrogens (tertiary/aromatic N) is 2. The van der Waals surface area contributed by atoms with Crippen LogP contribution < -0.4 is 4.90 Å². The lowest BCUT2D eigenvalue weighted by molar-refractivity contribution is -0.139. The lowest BCUT2D eigenvalue weighted by Crippen LogP contribution is -2.45. The Morgan fingerprint density at radius 2 is 1.58 bits per heavy atom. The first-order valence-corrected chi connectivity index (χ1v) is 10.1. The Bertz CT molecular complexity index is 572. The minimum atomic E-state index is 0.0924. The van der Waals surface area contributed by atoms with Crippen LogP contribution in [-0.2, 0) is 14.3 Å². The van der Waals surface area contributed by atoms with Gasteiger partial charge in [0.1, 0.15) is 0 Å². The van der Waals surface area contributed by atoms with E-state index in [4.69, 9.17) is 9.47 Å². The molecule has 3 heterocycles. The Labute approximate surface area is 156 Å². The highest BCUT2D eigenvalue weighted by atomic mass is 16.5. The van der Waals surface area contributed by atoms with Crippen molar-refractivity contribution in [2.45, 2.75) is 44.3 Å². The summed E-state index contributed by atoms with van der Waals surface area (Å²) < 4.78 is 11.7. The summed E-state index contributed by atoms with van der Waals surface area (Å²) in [7, 11) is 0. The van der Waals surface area contributed by atoms with Gasteiger partial charge in [-0.2, -0.15) is 0 Å². The first kappa shape index (κ1) is 17.8. The summed E-state index contributed by atoms with van der Waals surface area (Å²) in [5.74, 6) is 0.381. The van der Waals surface area contributed by atoms with Crippen molar-refractivity contribution in [1.82, 2.24) is 4.90 Å². The number of anilines is 1. The van der Waals surface area contributed by atoms with E-state index in [1.165, 1.54) is 5.69 Å². The van der Waals surface area contributed by atoms with Crippen LogP contribution in [-0.4, -0.2) is 62.4 Å². The summed E-state index contributed by atoms with van der Waals surface area (Å²) in [4.78, 5) is 16.9. The van der Waals surface area contributed by atoms with E-state index in [0.29, 0.717) is 18.8 Å². The van der Waals surface area contributed by atoms with Gasteiger partial charge in [0.2, 0.25) is 5.91 Å². The van der Waals surface area contributed by atoms with Gasteiger partial charge < -0.3 is 19.3 Å². The second-order valence-electron chi connectivity index (χ2n) is 7.74. The van der Waals surface area contributed by atoms with Crippen molar-refractivity contribution in [2.24, 2.45) is 5.92 Å². The van der Waals surface area contributed by atoms with Gasteiger partial charge in [0.05, 0.1) is 24.7 Å². The molecule has 1 aromatic carbocycles. The number of amides is 1. The normalized spacial score (nSPS) is 25.6. The van der Waals surface area contributed by atoms with E-state index in [2.05, 4.69) is 35.2 Å². The maximum absolute atomic E-state index is 12.5. The Balaban J connectivity index is 1.19. The molecular formula is C21H30N2O3. The highest BCUT2D eigenvalue weighted by molar-refractivity contribution is 5.79. The Morgan fingerprint density at radius 1 is 0.923 bits per heavy atom. The van der Waals surface area contributed by atoms with Crippen LogP contribution in [0.3, 0.4) is 0 Å².